The van der Waals surface area contributed by atoms with E-state index in [-0.39, 0.29) is 11.9 Å². The number of rotatable bonds is 5. The van der Waals surface area contributed by atoms with Gasteiger partial charge in [0.25, 0.3) is 0 Å². The Hall–Kier alpha value is -1.06. The molecule has 0 heterocycles. The monoisotopic (exact) mass is 268 g/mol. The lowest BCUT2D eigenvalue weighted by Crippen LogP contribution is -2.53. The summed E-state index contributed by atoms with van der Waals surface area (Å²) < 4.78 is 0. The van der Waals surface area contributed by atoms with Gasteiger partial charge in [0.15, 0.2) is 0 Å². The third kappa shape index (κ3) is 3.47. The minimum absolute atomic E-state index is 0.0998. The number of nitrogens with one attached hydrogen (secondary N) is 1. The molecule has 1 aromatic rings. The minimum atomic E-state index is -0.785. The van der Waals surface area contributed by atoms with Gasteiger partial charge in [-0.3, -0.25) is 4.79 Å². The molecule has 0 aromatic heterocycles. The molecule has 18 heavy (non-hydrogen) atoms. The maximum Gasteiger partial charge on any atom is 0.240 e. The van der Waals surface area contributed by atoms with Crippen molar-refractivity contribution in [2.75, 3.05) is 0 Å². The number of hydrogen-bond donors (Lipinski definition) is 2. The molecule has 0 radical (unpaired) electrons. The summed E-state index contributed by atoms with van der Waals surface area (Å²) in [5.74, 6) is -0.111. The molecular weight excluding hydrogens is 248 g/mol. The fourth-order valence-electron chi connectivity index (χ4n) is 1.77. The Kier molecular flexibility index (Phi) is 5.17. The highest BCUT2D eigenvalue weighted by atomic mass is 35.5. The molecule has 0 aliphatic heterocycles. The van der Waals surface area contributed by atoms with Crippen LogP contribution in [0.2, 0.25) is 5.02 Å². The van der Waals surface area contributed by atoms with Crippen molar-refractivity contribution in [1.29, 1.82) is 0 Å². The summed E-state index contributed by atoms with van der Waals surface area (Å²) in [6.07, 6.45) is 1.25. The van der Waals surface area contributed by atoms with Crippen LogP contribution in [-0.4, -0.2) is 11.4 Å². The van der Waals surface area contributed by atoms with Gasteiger partial charge in [-0.2, -0.15) is 0 Å². The van der Waals surface area contributed by atoms with E-state index in [9.17, 15) is 4.79 Å². The average Bonchev–Trinajstić information content (AvgIpc) is 2.37. The largest absolute Gasteiger partial charge is 0.348 e. The van der Waals surface area contributed by atoms with Gasteiger partial charge in [-0.25, -0.2) is 0 Å². The molecule has 1 atom stereocenters. The van der Waals surface area contributed by atoms with Crippen molar-refractivity contribution in [2.24, 2.45) is 5.73 Å². The van der Waals surface area contributed by atoms with E-state index in [1.807, 2.05) is 45.0 Å². The molecule has 1 unspecified atom stereocenters. The molecule has 0 aliphatic carbocycles. The first kappa shape index (κ1) is 15.0. The molecule has 1 aromatic carbocycles. The lowest BCUT2D eigenvalue weighted by atomic mass is 9.92. The molecule has 4 heteroatoms. The molecule has 3 N–H and O–H groups in total. The number of carbonyl (C=O) groups excluding carboxylic acids is 1. The SMILES string of the molecule is CCC(N)(CC)C(=O)NC(C)c1cccc(Cl)c1. The predicted octanol–water partition coefficient (Wildman–Crippen LogP) is 3.03. The first-order chi connectivity index (χ1) is 8.42. The van der Waals surface area contributed by atoms with Crippen LogP contribution < -0.4 is 11.1 Å². The first-order valence-corrected chi connectivity index (χ1v) is 6.66. The first-order valence-electron chi connectivity index (χ1n) is 6.28. The van der Waals surface area contributed by atoms with Gasteiger partial charge in [-0.1, -0.05) is 37.6 Å². The van der Waals surface area contributed by atoms with Crippen LogP contribution in [-0.2, 0) is 4.79 Å². The molecule has 0 bridgehead atoms. The van der Waals surface area contributed by atoms with Crippen molar-refractivity contribution in [2.45, 2.75) is 45.2 Å². The third-order valence-electron chi connectivity index (χ3n) is 3.41. The van der Waals surface area contributed by atoms with E-state index in [4.69, 9.17) is 17.3 Å². The van der Waals surface area contributed by atoms with Gasteiger partial charge >= 0.3 is 0 Å². The van der Waals surface area contributed by atoms with Crippen LogP contribution in [0, 0.1) is 0 Å². The average molecular weight is 269 g/mol. The molecule has 3 nitrogen and oxygen atoms in total. The van der Waals surface area contributed by atoms with Gasteiger partial charge in [0.1, 0.15) is 0 Å². The van der Waals surface area contributed by atoms with E-state index in [1.54, 1.807) is 0 Å². The fourth-order valence-corrected chi connectivity index (χ4v) is 1.97. The van der Waals surface area contributed by atoms with Gasteiger partial charge in [0.05, 0.1) is 11.6 Å². The van der Waals surface area contributed by atoms with Crippen LogP contribution in [0.3, 0.4) is 0 Å². The van der Waals surface area contributed by atoms with Crippen molar-refractivity contribution in [3.05, 3.63) is 34.9 Å². The second kappa shape index (κ2) is 6.21. The summed E-state index contributed by atoms with van der Waals surface area (Å²) in [6, 6.07) is 7.37. The molecule has 0 fully saturated rings. The number of amides is 1. The van der Waals surface area contributed by atoms with E-state index in [2.05, 4.69) is 5.32 Å². The van der Waals surface area contributed by atoms with Crippen molar-refractivity contribution in [3.63, 3.8) is 0 Å². The number of benzene rings is 1. The Balaban J connectivity index is 2.76. The van der Waals surface area contributed by atoms with Crippen molar-refractivity contribution < 1.29 is 4.79 Å². The summed E-state index contributed by atoms with van der Waals surface area (Å²) in [4.78, 5) is 12.1. The molecule has 100 valence electrons. The number of halogens is 1. The van der Waals surface area contributed by atoms with Crippen LogP contribution in [0.1, 0.15) is 45.2 Å². The van der Waals surface area contributed by atoms with Crippen molar-refractivity contribution in [3.8, 4) is 0 Å². The molecular formula is C14H21ClN2O. The second-order valence-corrected chi connectivity index (χ2v) is 5.05. The van der Waals surface area contributed by atoms with Crippen LogP contribution in [0.5, 0.6) is 0 Å². The van der Waals surface area contributed by atoms with Crippen LogP contribution in [0.15, 0.2) is 24.3 Å². The van der Waals surface area contributed by atoms with Crippen molar-refractivity contribution >= 4 is 17.5 Å². The standard InChI is InChI=1S/C14H21ClN2O/c1-4-14(16,5-2)13(18)17-10(3)11-7-6-8-12(15)9-11/h6-10H,4-5,16H2,1-3H3,(H,17,18). The summed E-state index contributed by atoms with van der Waals surface area (Å²) in [6.45, 7) is 5.77. The maximum absolute atomic E-state index is 12.1. The zero-order valence-electron chi connectivity index (χ0n) is 11.2. The van der Waals surface area contributed by atoms with E-state index < -0.39 is 5.54 Å². The normalized spacial score (nSPS) is 13.2. The lowest BCUT2D eigenvalue weighted by Gasteiger charge is -2.27. The molecule has 0 spiro atoms. The molecule has 1 amide bonds. The zero-order valence-corrected chi connectivity index (χ0v) is 11.9. The number of carbonyl (C=O) groups is 1. The predicted molar refractivity (Wildman–Crippen MR) is 75.5 cm³/mol. The van der Waals surface area contributed by atoms with Gasteiger partial charge in [0, 0.05) is 5.02 Å². The van der Waals surface area contributed by atoms with Crippen LogP contribution in [0.25, 0.3) is 0 Å². The highest BCUT2D eigenvalue weighted by Gasteiger charge is 2.30. The summed E-state index contributed by atoms with van der Waals surface area (Å²) in [7, 11) is 0. The van der Waals surface area contributed by atoms with E-state index in [1.165, 1.54) is 0 Å². The van der Waals surface area contributed by atoms with E-state index >= 15 is 0 Å². The van der Waals surface area contributed by atoms with Crippen LogP contribution in [0.4, 0.5) is 0 Å². The van der Waals surface area contributed by atoms with Gasteiger partial charge in [-0.15, -0.1) is 0 Å². The Labute approximate surface area is 114 Å². The quantitative estimate of drug-likeness (QED) is 0.862. The van der Waals surface area contributed by atoms with Crippen molar-refractivity contribution in [1.82, 2.24) is 5.32 Å². The summed E-state index contributed by atoms with van der Waals surface area (Å²) >= 11 is 5.93. The molecule has 1 rings (SSSR count). The minimum Gasteiger partial charge on any atom is -0.348 e. The Morgan fingerprint density at radius 1 is 1.44 bits per heavy atom. The summed E-state index contributed by atoms with van der Waals surface area (Å²) in [5, 5.41) is 3.61. The molecule has 0 aliphatic rings. The van der Waals surface area contributed by atoms with Gasteiger partial charge < -0.3 is 11.1 Å². The molecule has 0 saturated carbocycles. The fraction of sp³-hybridized carbons (Fsp3) is 0.500. The lowest BCUT2D eigenvalue weighted by molar-refractivity contribution is -0.127. The molecule has 0 saturated heterocycles. The highest BCUT2D eigenvalue weighted by molar-refractivity contribution is 6.30. The number of hydrogen-bond acceptors (Lipinski definition) is 2. The smallest absolute Gasteiger partial charge is 0.240 e. The summed E-state index contributed by atoms with van der Waals surface area (Å²) in [5.41, 5.74) is 6.25. The Morgan fingerprint density at radius 2 is 2.06 bits per heavy atom. The Morgan fingerprint density at radius 3 is 2.56 bits per heavy atom. The third-order valence-corrected chi connectivity index (χ3v) is 3.65. The number of nitrogens with two attached hydrogens (primary N) is 1. The maximum atomic E-state index is 12.1. The topological polar surface area (TPSA) is 55.1 Å². The highest BCUT2D eigenvalue weighted by Crippen LogP contribution is 2.19. The zero-order chi connectivity index (χ0) is 13.8. The van der Waals surface area contributed by atoms with E-state index in [0.717, 1.165) is 5.56 Å². The Bertz CT molecular complexity index is 416. The van der Waals surface area contributed by atoms with Gasteiger partial charge in [0.2, 0.25) is 5.91 Å². The second-order valence-electron chi connectivity index (χ2n) is 4.61. The van der Waals surface area contributed by atoms with Crippen LogP contribution >= 0.6 is 11.6 Å². The van der Waals surface area contributed by atoms with E-state index in [0.29, 0.717) is 17.9 Å². The van der Waals surface area contributed by atoms with Gasteiger partial charge in [-0.05, 0) is 37.5 Å².